The Morgan fingerprint density at radius 2 is 2.38 bits per heavy atom. The monoisotopic (exact) mass is 115 g/mol. The molecule has 0 aliphatic heterocycles. The van der Waals surface area contributed by atoms with Gasteiger partial charge in [0, 0.05) is 12.5 Å². The van der Waals surface area contributed by atoms with E-state index in [9.17, 15) is 4.79 Å². The van der Waals surface area contributed by atoms with Crippen molar-refractivity contribution in [2.24, 2.45) is 0 Å². The second-order valence-electron chi connectivity index (χ2n) is 1.80. The van der Waals surface area contributed by atoms with E-state index in [0.29, 0.717) is 12.5 Å². The minimum Gasteiger partial charge on any atom is -0.317 e. The summed E-state index contributed by atoms with van der Waals surface area (Å²) in [5, 5.41) is 3.02. The van der Waals surface area contributed by atoms with E-state index >= 15 is 0 Å². The summed E-state index contributed by atoms with van der Waals surface area (Å²) >= 11 is 0. The average molecular weight is 115 g/mol. The zero-order valence-electron chi connectivity index (χ0n) is 5.48. The molecule has 0 saturated carbocycles. The van der Waals surface area contributed by atoms with Gasteiger partial charge in [-0.15, -0.1) is 0 Å². The van der Waals surface area contributed by atoms with Gasteiger partial charge in [-0.3, -0.25) is 0 Å². The summed E-state index contributed by atoms with van der Waals surface area (Å²) in [4.78, 5) is 9.89. The van der Waals surface area contributed by atoms with E-state index < -0.39 is 0 Å². The molecule has 0 aromatic carbocycles. The highest BCUT2D eigenvalue weighted by Gasteiger charge is 1.98. The second-order valence-corrected chi connectivity index (χ2v) is 1.80. The minimum atomic E-state index is 0.382. The van der Waals surface area contributed by atoms with Crippen molar-refractivity contribution in [1.82, 2.24) is 5.32 Å². The Kier molecular flexibility index (Phi) is 4.56. The van der Waals surface area contributed by atoms with Crippen LogP contribution in [0.1, 0.15) is 19.8 Å². The van der Waals surface area contributed by atoms with Crippen LogP contribution in [0.4, 0.5) is 0 Å². The molecular weight excluding hydrogens is 102 g/mol. The summed E-state index contributed by atoms with van der Waals surface area (Å²) < 4.78 is 0. The SMILES string of the molecule is CCC(CC=O)NC. The van der Waals surface area contributed by atoms with Crippen LogP contribution in [-0.2, 0) is 4.79 Å². The summed E-state index contributed by atoms with van der Waals surface area (Å²) in [6.45, 7) is 2.06. The van der Waals surface area contributed by atoms with Crippen LogP contribution in [0.5, 0.6) is 0 Å². The van der Waals surface area contributed by atoms with E-state index in [4.69, 9.17) is 0 Å². The third kappa shape index (κ3) is 2.75. The fraction of sp³-hybridized carbons (Fsp3) is 0.833. The molecule has 0 aliphatic rings. The molecule has 0 bridgehead atoms. The van der Waals surface area contributed by atoms with Gasteiger partial charge in [-0.1, -0.05) is 6.92 Å². The van der Waals surface area contributed by atoms with E-state index in [2.05, 4.69) is 12.2 Å². The maximum absolute atomic E-state index is 9.89. The van der Waals surface area contributed by atoms with Crippen LogP contribution < -0.4 is 5.32 Å². The first-order valence-corrected chi connectivity index (χ1v) is 2.96. The molecule has 1 N–H and O–H groups in total. The smallest absolute Gasteiger partial charge is 0.121 e. The predicted molar refractivity (Wildman–Crippen MR) is 33.8 cm³/mol. The molecule has 8 heavy (non-hydrogen) atoms. The Bertz CT molecular complexity index is 59.5. The van der Waals surface area contributed by atoms with Gasteiger partial charge in [0.1, 0.15) is 6.29 Å². The van der Waals surface area contributed by atoms with Crippen molar-refractivity contribution in [3.63, 3.8) is 0 Å². The molecule has 0 aromatic heterocycles. The molecule has 1 atom stereocenters. The number of aldehydes is 1. The molecule has 0 rings (SSSR count). The van der Waals surface area contributed by atoms with E-state index in [1.807, 2.05) is 7.05 Å². The van der Waals surface area contributed by atoms with Gasteiger partial charge in [0.05, 0.1) is 0 Å². The van der Waals surface area contributed by atoms with Crippen molar-refractivity contribution >= 4 is 6.29 Å². The summed E-state index contributed by atoms with van der Waals surface area (Å²) in [6.07, 6.45) is 2.60. The lowest BCUT2D eigenvalue weighted by Gasteiger charge is -2.07. The number of carbonyl (C=O) groups is 1. The third-order valence-electron chi connectivity index (χ3n) is 1.28. The predicted octanol–water partition coefficient (Wildman–Crippen LogP) is 0.573. The largest absolute Gasteiger partial charge is 0.317 e. The van der Waals surface area contributed by atoms with Crippen molar-refractivity contribution in [3.05, 3.63) is 0 Å². The zero-order chi connectivity index (χ0) is 6.41. The maximum atomic E-state index is 9.89. The van der Waals surface area contributed by atoms with Crippen LogP contribution >= 0.6 is 0 Å². The summed E-state index contributed by atoms with van der Waals surface area (Å²) in [5.41, 5.74) is 0. The normalized spacial score (nSPS) is 13.2. The van der Waals surface area contributed by atoms with Crippen LogP contribution in [0.15, 0.2) is 0 Å². The van der Waals surface area contributed by atoms with Crippen molar-refractivity contribution in [2.45, 2.75) is 25.8 Å². The lowest BCUT2D eigenvalue weighted by Crippen LogP contribution is -2.24. The Hall–Kier alpha value is -0.370. The number of hydrogen-bond acceptors (Lipinski definition) is 2. The third-order valence-corrected chi connectivity index (χ3v) is 1.28. The van der Waals surface area contributed by atoms with Crippen LogP contribution in [0.25, 0.3) is 0 Å². The number of hydrogen-bond donors (Lipinski definition) is 1. The molecule has 0 heterocycles. The molecule has 1 unspecified atom stereocenters. The molecule has 0 fully saturated rings. The van der Waals surface area contributed by atoms with E-state index in [0.717, 1.165) is 12.7 Å². The lowest BCUT2D eigenvalue weighted by molar-refractivity contribution is -0.108. The van der Waals surface area contributed by atoms with Crippen LogP contribution in [0.2, 0.25) is 0 Å². The topological polar surface area (TPSA) is 29.1 Å². The van der Waals surface area contributed by atoms with Gasteiger partial charge in [0.15, 0.2) is 0 Å². The summed E-state index contributed by atoms with van der Waals surface area (Å²) in [6, 6.07) is 0.382. The van der Waals surface area contributed by atoms with Gasteiger partial charge in [0.25, 0.3) is 0 Å². The quantitative estimate of drug-likeness (QED) is 0.543. The zero-order valence-corrected chi connectivity index (χ0v) is 5.48. The molecule has 0 spiro atoms. The molecule has 2 heteroatoms. The Labute approximate surface area is 50.3 Å². The van der Waals surface area contributed by atoms with Gasteiger partial charge >= 0.3 is 0 Å². The lowest BCUT2D eigenvalue weighted by atomic mass is 10.2. The minimum absolute atomic E-state index is 0.382. The molecule has 0 saturated heterocycles. The number of carbonyl (C=O) groups excluding carboxylic acids is 1. The first-order chi connectivity index (χ1) is 3.85. The highest BCUT2D eigenvalue weighted by Crippen LogP contribution is 1.91. The van der Waals surface area contributed by atoms with Gasteiger partial charge in [-0.25, -0.2) is 0 Å². The molecule has 0 aliphatic carbocycles. The highest BCUT2D eigenvalue weighted by atomic mass is 16.1. The summed E-state index contributed by atoms with van der Waals surface area (Å²) in [7, 11) is 1.87. The van der Waals surface area contributed by atoms with E-state index in [1.165, 1.54) is 0 Å². The number of nitrogens with one attached hydrogen (secondary N) is 1. The van der Waals surface area contributed by atoms with Crippen LogP contribution in [0, 0.1) is 0 Å². The van der Waals surface area contributed by atoms with Crippen LogP contribution in [-0.4, -0.2) is 19.4 Å². The maximum Gasteiger partial charge on any atom is 0.121 e. The Morgan fingerprint density at radius 1 is 1.75 bits per heavy atom. The molecule has 48 valence electrons. The molecular formula is C6H13NO. The molecule has 0 aromatic rings. The first-order valence-electron chi connectivity index (χ1n) is 2.96. The van der Waals surface area contributed by atoms with Gasteiger partial charge in [-0.2, -0.15) is 0 Å². The second kappa shape index (κ2) is 4.78. The van der Waals surface area contributed by atoms with Gasteiger partial charge in [-0.05, 0) is 13.5 Å². The summed E-state index contributed by atoms with van der Waals surface area (Å²) in [5.74, 6) is 0. The van der Waals surface area contributed by atoms with Gasteiger partial charge < -0.3 is 10.1 Å². The van der Waals surface area contributed by atoms with Crippen molar-refractivity contribution in [2.75, 3.05) is 7.05 Å². The molecule has 0 radical (unpaired) electrons. The fourth-order valence-corrected chi connectivity index (χ4v) is 0.605. The Balaban J connectivity index is 3.20. The van der Waals surface area contributed by atoms with E-state index in [1.54, 1.807) is 0 Å². The van der Waals surface area contributed by atoms with Gasteiger partial charge in [0.2, 0.25) is 0 Å². The molecule has 2 nitrogen and oxygen atoms in total. The van der Waals surface area contributed by atoms with Crippen LogP contribution in [0.3, 0.4) is 0 Å². The van der Waals surface area contributed by atoms with E-state index in [-0.39, 0.29) is 0 Å². The standard InChI is InChI=1S/C6H13NO/c1-3-6(7-2)4-5-8/h5-7H,3-4H2,1-2H3. The van der Waals surface area contributed by atoms with Crippen molar-refractivity contribution < 1.29 is 4.79 Å². The molecule has 0 amide bonds. The average Bonchev–Trinajstić information content (AvgIpc) is 1.83. The van der Waals surface area contributed by atoms with Crippen molar-refractivity contribution in [3.8, 4) is 0 Å². The Morgan fingerprint density at radius 3 is 2.50 bits per heavy atom. The first kappa shape index (κ1) is 7.63. The highest BCUT2D eigenvalue weighted by molar-refractivity contribution is 5.50. The van der Waals surface area contributed by atoms with Crippen molar-refractivity contribution in [1.29, 1.82) is 0 Å². The fourth-order valence-electron chi connectivity index (χ4n) is 0.605. The number of rotatable bonds is 4.